The van der Waals surface area contributed by atoms with E-state index in [4.69, 9.17) is 0 Å². The largest absolute Gasteiger partial charge is 0.298 e. The van der Waals surface area contributed by atoms with Crippen molar-refractivity contribution in [1.82, 2.24) is 9.88 Å². The van der Waals surface area contributed by atoms with E-state index in [9.17, 15) is 14.0 Å². The minimum absolute atomic E-state index is 0.0554. The number of halogens is 2. The Labute approximate surface area is 124 Å². The number of likely N-dealkylation sites (tertiary alicyclic amines) is 1. The summed E-state index contributed by atoms with van der Waals surface area (Å²) in [4.78, 5) is 6.52. The number of aromatic nitrogens is 1. The number of hydrogen-bond donors (Lipinski definition) is 0. The molecule has 21 heavy (non-hydrogen) atoms. The van der Waals surface area contributed by atoms with E-state index in [2.05, 4.69) is 36.7 Å². The zero-order valence-electron chi connectivity index (χ0n) is 12.7. The molecule has 0 aliphatic carbocycles. The Morgan fingerprint density at radius 1 is 1.33 bits per heavy atom. The normalized spacial score (nSPS) is 19.5. The minimum atomic E-state index is -2.53. The molecular formula is C16H21F2N3. The van der Waals surface area contributed by atoms with Crippen LogP contribution in [0.3, 0.4) is 0 Å². The zero-order chi connectivity index (χ0) is 15.7. The summed E-state index contributed by atoms with van der Waals surface area (Å²) in [6, 6.07) is 5.04. The Morgan fingerprint density at radius 3 is 2.43 bits per heavy atom. The van der Waals surface area contributed by atoms with Crippen LogP contribution in [0.5, 0.6) is 0 Å². The fraction of sp³-hybridized carbons (Fsp3) is 0.625. The van der Waals surface area contributed by atoms with Gasteiger partial charge in [0, 0.05) is 30.4 Å². The van der Waals surface area contributed by atoms with Crippen molar-refractivity contribution in [1.29, 1.82) is 5.26 Å². The number of rotatable bonds is 2. The second-order valence-corrected chi connectivity index (χ2v) is 6.63. The van der Waals surface area contributed by atoms with E-state index in [0.29, 0.717) is 18.5 Å². The third-order valence-electron chi connectivity index (χ3n) is 4.31. The number of nitrogens with zero attached hydrogens (tertiary/aromatic N) is 3. The molecule has 1 saturated heterocycles. The first-order valence-electron chi connectivity index (χ1n) is 7.19. The lowest BCUT2D eigenvalue weighted by Gasteiger charge is -2.43. The maximum Gasteiger partial charge on any atom is 0.263 e. The summed E-state index contributed by atoms with van der Waals surface area (Å²) in [5.41, 5.74) is -0.267. The molecule has 1 aromatic heterocycles. The Morgan fingerprint density at radius 2 is 1.95 bits per heavy atom. The second-order valence-electron chi connectivity index (χ2n) is 6.63. The zero-order valence-corrected chi connectivity index (χ0v) is 12.7. The molecule has 1 aliphatic rings. The molecule has 0 unspecified atom stereocenters. The summed E-state index contributed by atoms with van der Waals surface area (Å²) >= 11 is 0. The molecule has 2 heterocycles. The van der Waals surface area contributed by atoms with Crippen LogP contribution in [-0.4, -0.2) is 28.5 Å². The van der Waals surface area contributed by atoms with Gasteiger partial charge in [0.05, 0.1) is 11.8 Å². The van der Waals surface area contributed by atoms with Gasteiger partial charge in [0.25, 0.3) is 6.43 Å². The number of alkyl halides is 2. The lowest BCUT2D eigenvalue weighted by Crippen LogP contribution is -2.50. The molecule has 5 heteroatoms. The smallest absolute Gasteiger partial charge is 0.263 e. The van der Waals surface area contributed by atoms with Gasteiger partial charge in [0.1, 0.15) is 5.41 Å². The Hall–Kier alpha value is -1.54. The van der Waals surface area contributed by atoms with E-state index in [0.717, 1.165) is 13.1 Å². The number of piperidine rings is 1. The van der Waals surface area contributed by atoms with Crippen LogP contribution in [0.2, 0.25) is 0 Å². The van der Waals surface area contributed by atoms with Crippen LogP contribution in [0.1, 0.15) is 51.3 Å². The first-order valence-corrected chi connectivity index (χ1v) is 7.19. The molecule has 0 atom stereocenters. The molecule has 0 bridgehead atoms. The molecule has 3 nitrogen and oxygen atoms in total. The van der Waals surface area contributed by atoms with Crippen molar-refractivity contribution in [3.8, 4) is 6.07 Å². The summed E-state index contributed by atoms with van der Waals surface area (Å²) in [7, 11) is 0. The second kappa shape index (κ2) is 5.69. The fourth-order valence-corrected chi connectivity index (χ4v) is 2.83. The van der Waals surface area contributed by atoms with Crippen LogP contribution in [0, 0.1) is 11.3 Å². The van der Waals surface area contributed by atoms with Crippen molar-refractivity contribution in [3.63, 3.8) is 0 Å². The lowest BCUT2D eigenvalue weighted by molar-refractivity contribution is 0.0873. The van der Waals surface area contributed by atoms with Gasteiger partial charge < -0.3 is 0 Å². The maximum atomic E-state index is 12.8. The summed E-state index contributed by atoms with van der Waals surface area (Å²) in [6.07, 6.45) is 0.102. The summed E-state index contributed by atoms with van der Waals surface area (Å²) in [5.74, 6) is 0. The molecule has 0 amide bonds. The van der Waals surface area contributed by atoms with Crippen molar-refractivity contribution in [2.45, 2.75) is 51.0 Å². The average molecular weight is 293 g/mol. The van der Waals surface area contributed by atoms with E-state index in [-0.39, 0.29) is 11.1 Å². The third kappa shape index (κ3) is 3.21. The van der Waals surface area contributed by atoms with Gasteiger partial charge in [-0.3, -0.25) is 9.88 Å². The van der Waals surface area contributed by atoms with Gasteiger partial charge in [-0.05, 0) is 45.7 Å². The molecule has 0 radical (unpaired) electrons. The molecule has 0 N–H and O–H groups in total. The van der Waals surface area contributed by atoms with E-state index in [1.165, 1.54) is 18.3 Å². The predicted octanol–water partition coefficient (Wildman–Crippen LogP) is 3.67. The summed E-state index contributed by atoms with van der Waals surface area (Å²) in [5, 5.41) is 9.62. The lowest BCUT2D eigenvalue weighted by atomic mass is 9.75. The molecule has 1 aliphatic heterocycles. The molecule has 1 aromatic rings. The van der Waals surface area contributed by atoms with Gasteiger partial charge in [0.15, 0.2) is 0 Å². The van der Waals surface area contributed by atoms with E-state index in [1.807, 2.05) is 0 Å². The molecule has 114 valence electrons. The van der Waals surface area contributed by atoms with Crippen molar-refractivity contribution in [2.24, 2.45) is 0 Å². The fourth-order valence-electron chi connectivity index (χ4n) is 2.83. The van der Waals surface area contributed by atoms with Gasteiger partial charge in [-0.2, -0.15) is 5.26 Å². The van der Waals surface area contributed by atoms with Crippen LogP contribution in [0.25, 0.3) is 0 Å². The van der Waals surface area contributed by atoms with Crippen LogP contribution < -0.4 is 0 Å². The van der Waals surface area contributed by atoms with Crippen molar-refractivity contribution < 1.29 is 8.78 Å². The van der Waals surface area contributed by atoms with E-state index >= 15 is 0 Å². The van der Waals surface area contributed by atoms with Crippen molar-refractivity contribution in [2.75, 3.05) is 13.1 Å². The first-order chi connectivity index (χ1) is 9.78. The number of hydrogen-bond acceptors (Lipinski definition) is 3. The highest BCUT2D eigenvalue weighted by atomic mass is 19.3. The first kappa shape index (κ1) is 15.8. The molecule has 0 aromatic carbocycles. The highest BCUT2D eigenvalue weighted by Gasteiger charge is 2.40. The molecule has 1 fully saturated rings. The Kier molecular flexibility index (Phi) is 4.29. The van der Waals surface area contributed by atoms with Crippen molar-refractivity contribution in [3.05, 3.63) is 29.6 Å². The van der Waals surface area contributed by atoms with Crippen LogP contribution in [-0.2, 0) is 5.41 Å². The topological polar surface area (TPSA) is 39.9 Å². The predicted molar refractivity (Wildman–Crippen MR) is 77.0 cm³/mol. The maximum absolute atomic E-state index is 12.8. The Bertz CT molecular complexity index is 535. The van der Waals surface area contributed by atoms with Crippen LogP contribution in [0.15, 0.2) is 18.3 Å². The summed E-state index contributed by atoms with van der Waals surface area (Å²) in [6.45, 7) is 7.97. The average Bonchev–Trinajstić information content (AvgIpc) is 2.46. The highest BCUT2D eigenvalue weighted by molar-refractivity contribution is 5.31. The van der Waals surface area contributed by atoms with Crippen molar-refractivity contribution >= 4 is 0 Å². The summed E-state index contributed by atoms with van der Waals surface area (Å²) < 4.78 is 25.7. The third-order valence-corrected chi connectivity index (χ3v) is 4.31. The number of nitriles is 1. The molecule has 0 saturated carbocycles. The van der Waals surface area contributed by atoms with Crippen LogP contribution >= 0.6 is 0 Å². The van der Waals surface area contributed by atoms with Gasteiger partial charge in [-0.25, -0.2) is 8.78 Å². The SMILES string of the molecule is CC(C)(C)N1CCC(C#N)(c2cc(C(F)F)ccn2)CC1. The van der Waals surface area contributed by atoms with E-state index in [1.54, 1.807) is 0 Å². The number of pyridine rings is 1. The van der Waals surface area contributed by atoms with Gasteiger partial charge in [-0.15, -0.1) is 0 Å². The standard InChI is InChI=1S/C16H21F2N3/c1-15(2,3)21-8-5-16(11-19,6-9-21)13-10-12(14(17)18)4-7-20-13/h4,7,10,14H,5-6,8-9H2,1-3H3. The minimum Gasteiger partial charge on any atom is -0.298 e. The van der Waals surface area contributed by atoms with Gasteiger partial charge in [-0.1, -0.05) is 0 Å². The quantitative estimate of drug-likeness (QED) is 0.835. The highest BCUT2D eigenvalue weighted by Crippen LogP contribution is 2.36. The molecule has 2 rings (SSSR count). The Balaban J connectivity index is 2.25. The molecule has 0 spiro atoms. The van der Waals surface area contributed by atoms with Gasteiger partial charge in [0.2, 0.25) is 0 Å². The monoisotopic (exact) mass is 293 g/mol. The van der Waals surface area contributed by atoms with E-state index < -0.39 is 11.8 Å². The molecular weight excluding hydrogens is 272 g/mol. The van der Waals surface area contributed by atoms with Gasteiger partial charge >= 0.3 is 0 Å². The van der Waals surface area contributed by atoms with Crippen LogP contribution in [0.4, 0.5) is 8.78 Å².